The molecule has 3 N–H and O–H groups in total. The molecule has 10 nitrogen and oxygen atoms in total. The summed E-state index contributed by atoms with van der Waals surface area (Å²) in [6.07, 6.45) is 4.98. The minimum atomic E-state index is -1.08. The van der Waals surface area contributed by atoms with E-state index in [-0.39, 0.29) is 25.0 Å². The van der Waals surface area contributed by atoms with Gasteiger partial charge in [0.25, 0.3) is 5.91 Å². The van der Waals surface area contributed by atoms with Crippen molar-refractivity contribution < 1.29 is 33.8 Å². The minimum absolute atomic E-state index is 0.194. The Hall–Kier alpha value is -4.99. The van der Waals surface area contributed by atoms with Gasteiger partial charge in [-0.2, -0.15) is 0 Å². The molecule has 1 heterocycles. The van der Waals surface area contributed by atoms with Crippen molar-refractivity contribution >= 4 is 29.8 Å². The quantitative estimate of drug-likeness (QED) is 0.143. The first-order chi connectivity index (χ1) is 21.9. The number of amides is 2. The number of carbonyl (C=O) groups is 4. The molecule has 3 aromatic carbocycles. The number of esters is 1. The number of hydrogen-bond acceptors (Lipinski definition) is 7. The van der Waals surface area contributed by atoms with Crippen molar-refractivity contribution in [1.82, 2.24) is 10.6 Å². The van der Waals surface area contributed by atoms with E-state index >= 15 is 0 Å². The summed E-state index contributed by atoms with van der Waals surface area (Å²) in [5, 5.41) is 14.4. The average Bonchev–Trinajstić information content (AvgIpc) is 3.44. The number of benzene rings is 3. The summed E-state index contributed by atoms with van der Waals surface area (Å²) in [6, 6.07) is 26.1. The van der Waals surface area contributed by atoms with E-state index in [1.165, 1.54) is 0 Å². The van der Waals surface area contributed by atoms with Crippen LogP contribution in [0.4, 0.5) is 4.79 Å². The number of aliphatic carboxylic acids is 1. The molecular weight excluding hydrogens is 574 g/mol. The SMILES string of the molecule is CCCCCC1N=C(c2ccccc2)OC1=O.O=C(NCCCC[C@H](NC(=O)c1ccccc1)C(=O)O)OCc1ccccc1. The predicted octanol–water partition coefficient (Wildman–Crippen LogP) is 5.91. The number of alkyl carbamates (subject to hydrolysis) is 1. The first-order valence-corrected chi connectivity index (χ1v) is 15.3. The van der Waals surface area contributed by atoms with Crippen LogP contribution in [0.5, 0.6) is 0 Å². The normalized spacial score (nSPS) is 14.2. The number of carboxylic acids is 1. The van der Waals surface area contributed by atoms with Gasteiger partial charge >= 0.3 is 18.0 Å². The Morgan fingerprint density at radius 2 is 1.53 bits per heavy atom. The van der Waals surface area contributed by atoms with Crippen LogP contribution in [-0.4, -0.2) is 53.6 Å². The molecule has 10 heteroatoms. The van der Waals surface area contributed by atoms with Gasteiger partial charge in [0.2, 0.25) is 5.90 Å². The van der Waals surface area contributed by atoms with Crippen molar-refractivity contribution in [2.24, 2.45) is 4.99 Å². The topological polar surface area (TPSA) is 143 Å². The maximum Gasteiger partial charge on any atom is 0.407 e. The summed E-state index contributed by atoms with van der Waals surface area (Å²) in [5.74, 6) is -1.24. The number of cyclic esters (lactones) is 1. The molecule has 0 aromatic heterocycles. The highest BCUT2D eigenvalue weighted by atomic mass is 16.6. The fraction of sp³-hybridized carbons (Fsp3) is 0.343. The van der Waals surface area contributed by atoms with Crippen molar-refractivity contribution in [3.8, 4) is 0 Å². The van der Waals surface area contributed by atoms with Crippen LogP contribution in [-0.2, 0) is 25.7 Å². The molecule has 0 spiro atoms. The summed E-state index contributed by atoms with van der Waals surface area (Å²) in [5.41, 5.74) is 2.19. The third-order valence-corrected chi connectivity index (χ3v) is 6.89. The van der Waals surface area contributed by atoms with E-state index in [4.69, 9.17) is 9.47 Å². The van der Waals surface area contributed by atoms with Crippen molar-refractivity contribution in [3.63, 3.8) is 0 Å². The molecule has 1 aliphatic rings. The van der Waals surface area contributed by atoms with Gasteiger partial charge in [-0.15, -0.1) is 0 Å². The van der Waals surface area contributed by atoms with Crippen molar-refractivity contribution in [1.29, 1.82) is 0 Å². The Kier molecular flexibility index (Phi) is 14.8. The Bertz CT molecular complexity index is 1380. The van der Waals surface area contributed by atoms with Crippen LogP contribution in [0, 0.1) is 0 Å². The molecule has 1 unspecified atom stereocenters. The summed E-state index contributed by atoms with van der Waals surface area (Å²) >= 11 is 0. The maximum atomic E-state index is 12.1. The zero-order valence-corrected chi connectivity index (χ0v) is 25.5. The number of carboxylic acid groups (broad SMARTS) is 1. The van der Waals surface area contributed by atoms with Crippen LogP contribution < -0.4 is 10.6 Å². The molecule has 4 rings (SSSR count). The number of nitrogens with one attached hydrogen (secondary N) is 2. The van der Waals surface area contributed by atoms with Crippen LogP contribution in [0.15, 0.2) is 96.0 Å². The molecule has 0 fully saturated rings. The van der Waals surface area contributed by atoms with Gasteiger partial charge in [-0.3, -0.25) is 4.79 Å². The fourth-order valence-electron chi connectivity index (χ4n) is 4.39. The summed E-state index contributed by atoms with van der Waals surface area (Å²) in [6.45, 7) is 2.71. The molecule has 3 aromatic rings. The lowest BCUT2D eigenvalue weighted by molar-refractivity contribution is -0.139. The second-order valence-electron chi connectivity index (χ2n) is 10.4. The summed E-state index contributed by atoms with van der Waals surface area (Å²) in [4.78, 5) is 51.0. The van der Waals surface area contributed by atoms with E-state index in [0.29, 0.717) is 30.8 Å². The lowest BCUT2D eigenvalue weighted by atomic mass is 10.1. The molecule has 238 valence electrons. The van der Waals surface area contributed by atoms with E-state index in [9.17, 15) is 24.3 Å². The fourth-order valence-corrected chi connectivity index (χ4v) is 4.39. The molecule has 2 amide bonds. The van der Waals surface area contributed by atoms with Gasteiger partial charge in [-0.05, 0) is 55.5 Å². The van der Waals surface area contributed by atoms with Gasteiger partial charge in [0.15, 0.2) is 6.04 Å². The molecule has 45 heavy (non-hydrogen) atoms. The molecule has 0 saturated carbocycles. The number of hydrogen-bond donors (Lipinski definition) is 3. The predicted molar refractivity (Wildman–Crippen MR) is 171 cm³/mol. The molecule has 0 bridgehead atoms. The van der Waals surface area contributed by atoms with Gasteiger partial charge in [0, 0.05) is 17.7 Å². The Balaban J connectivity index is 0.000000276. The average molecular weight is 616 g/mol. The number of rotatable bonds is 15. The zero-order chi connectivity index (χ0) is 32.3. The second kappa shape index (κ2) is 19.3. The van der Waals surface area contributed by atoms with Crippen LogP contribution in [0.25, 0.3) is 0 Å². The van der Waals surface area contributed by atoms with Crippen molar-refractivity contribution in [2.75, 3.05) is 6.54 Å². The summed E-state index contributed by atoms with van der Waals surface area (Å²) < 4.78 is 10.3. The zero-order valence-electron chi connectivity index (χ0n) is 25.5. The van der Waals surface area contributed by atoms with Gasteiger partial charge in [-0.1, -0.05) is 92.9 Å². The molecule has 0 aliphatic carbocycles. The van der Waals surface area contributed by atoms with Crippen molar-refractivity contribution in [3.05, 3.63) is 108 Å². The Morgan fingerprint density at radius 1 is 0.889 bits per heavy atom. The number of nitrogens with zero attached hydrogens (tertiary/aromatic N) is 1. The van der Waals surface area contributed by atoms with Gasteiger partial charge in [0.05, 0.1) is 0 Å². The van der Waals surface area contributed by atoms with Crippen LogP contribution in [0.3, 0.4) is 0 Å². The molecular formula is C35H41N3O7. The van der Waals surface area contributed by atoms with E-state index in [1.807, 2.05) is 60.7 Å². The van der Waals surface area contributed by atoms with Gasteiger partial charge in [0.1, 0.15) is 12.6 Å². The Morgan fingerprint density at radius 3 is 2.18 bits per heavy atom. The van der Waals surface area contributed by atoms with Crippen LogP contribution >= 0.6 is 0 Å². The minimum Gasteiger partial charge on any atom is -0.480 e. The highest BCUT2D eigenvalue weighted by molar-refractivity contribution is 6.06. The van der Waals surface area contributed by atoms with Crippen molar-refractivity contribution in [2.45, 2.75) is 70.6 Å². The number of aliphatic imine (C=N–C) groups is 1. The first-order valence-electron chi connectivity index (χ1n) is 15.3. The molecule has 1 aliphatic heterocycles. The standard InChI is InChI=1S/C21H24N2O5.C14H17NO2/c24-19(17-11-5-2-6-12-17)23-18(20(25)26)13-7-8-14-22-21(27)28-15-16-9-3-1-4-10-16;1-2-3-5-10-12-14(16)17-13(15-12)11-8-6-4-7-9-11/h1-6,9-12,18H,7-8,13-15H2,(H,22,27)(H,23,24)(H,25,26);4,6-9,12H,2-3,5,10H2,1H3/t18-;/m0./s1. The largest absolute Gasteiger partial charge is 0.480 e. The monoisotopic (exact) mass is 615 g/mol. The third-order valence-electron chi connectivity index (χ3n) is 6.89. The highest BCUT2D eigenvalue weighted by Gasteiger charge is 2.29. The number of ether oxygens (including phenoxy) is 2. The highest BCUT2D eigenvalue weighted by Crippen LogP contribution is 2.18. The van der Waals surface area contributed by atoms with E-state index in [1.54, 1.807) is 30.3 Å². The Labute approximate surface area is 263 Å². The van der Waals surface area contributed by atoms with Gasteiger partial charge < -0.3 is 25.2 Å². The maximum absolute atomic E-state index is 12.1. The lowest BCUT2D eigenvalue weighted by Gasteiger charge is -2.14. The number of unbranched alkanes of at least 4 members (excludes halogenated alkanes) is 3. The van der Waals surface area contributed by atoms with Crippen LogP contribution in [0.2, 0.25) is 0 Å². The third kappa shape index (κ3) is 12.6. The lowest BCUT2D eigenvalue weighted by Crippen LogP contribution is -2.40. The van der Waals surface area contributed by atoms with E-state index in [2.05, 4.69) is 22.5 Å². The second-order valence-corrected chi connectivity index (χ2v) is 10.4. The molecule has 0 saturated heterocycles. The van der Waals surface area contributed by atoms with Crippen LogP contribution in [0.1, 0.15) is 73.4 Å². The van der Waals surface area contributed by atoms with E-state index in [0.717, 1.165) is 36.8 Å². The number of carbonyl (C=O) groups excluding carboxylic acids is 3. The molecule has 2 atom stereocenters. The first kappa shape index (κ1) is 34.5. The van der Waals surface area contributed by atoms with E-state index < -0.39 is 24.0 Å². The van der Waals surface area contributed by atoms with Gasteiger partial charge in [-0.25, -0.2) is 19.4 Å². The molecule has 0 radical (unpaired) electrons. The smallest absolute Gasteiger partial charge is 0.407 e. The summed E-state index contributed by atoms with van der Waals surface area (Å²) in [7, 11) is 0.